The van der Waals surface area contributed by atoms with E-state index in [0.29, 0.717) is 26.1 Å². The van der Waals surface area contributed by atoms with E-state index in [4.69, 9.17) is 10.00 Å². The summed E-state index contributed by atoms with van der Waals surface area (Å²) in [4.78, 5) is 27.8. The zero-order valence-electron chi connectivity index (χ0n) is 15.3. The minimum atomic E-state index is -0.261. The van der Waals surface area contributed by atoms with Crippen LogP contribution in [0, 0.1) is 11.3 Å². The zero-order chi connectivity index (χ0) is 18.8. The molecule has 1 aromatic rings. The molecule has 0 bridgehead atoms. The van der Waals surface area contributed by atoms with Crippen molar-refractivity contribution in [1.82, 2.24) is 9.80 Å². The highest BCUT2D eigenvalue weighted by Gasteiger charge is 2.32. The first kappa shape index (κ1) is 17.8. The average Bonchev–Trinajstić information content (AvgIpc) is 3.31. The Kier molecular flexibility index (Phi) is 4.99. The van der Waals surface area contributed by atoms with Crippen LogP contribution in [0.25, 0.3) is 0 Å². The molecule has 2 amide bonds. The van der Waals surface area contributed by atoms with E-state index in [-0.39, 0.29) is 24.0 Å². The number of carbonyl (C=O) groups excluding carboxylic acids is 2. The molecule has 142 valence electrons. The van der Waals surface area contributed by atoms with Crippen molar-refractivity contribution in [3.63, 3.8) is 0 Å². The standard InChI is InChI=1S/C20H24N4O3/c21-11-15-2-1-8-24(15)20(26)13-23-9-7-17(12-23)27-16-4-5-18-14(10-16)3-6-19(25)22-18/h4-5,10,15,17H,1-3,6-9,12-13H2,(H,22,25)/t15?,17-/m0/s1. The quantitative estimate of drug-likeness (QED) is 0.871. The Morgan fingerprint density at radius 1 is 1.30 bits per heavy atom. The summed E-state index contributed by atoms with van der Waals surface area (Å²) in [7, 11) is 0. The van der Waals surface area contributed by atoms with E-state index < -0.39 is 0 Å². The van der Waals surface area contributed by atoms with Crippen LogP contribution in [0.1, 0.15) is 31.2 Å². The van der Waals surface area contributed by atoms with Crippen molar-refractivity contribution in [3.8, 4) is 11.8 Å². The maximum atomic E-state index is 12.5. The summed E-state index contributed by atoms with van der Waals surface area (Å²) in [6.45, 7) is 2.58. The van der Waals surface area contributed by atoms with Crippen LogP contribution in [0.15, 0.2) is 18.2 Å². The number of aryl methyl sites for hydroxylation is 1. The van der Waals surface area contributed by atoms with E-state index >= 15 is 0 Å². The molecule has 0 aromatic heterocycles. The molecule has 0 radical (unpaired) electrons. The lowest BCUT2D eigenvalue weighted by Crippen LogP contribution is -2.42. The van der Waals surface area contributed by atoms with Gasteiger partial charge < -0.3 is 15.0 Å². The van der Waals surface area contributed by atoms with Gasteiger partial charge >= 0.3 is 0 Å². The summed E-state index contributed by atoms with van der Waals surface area (Å²) in [6.07, 6.45) is 3.87. The first-order chi connectivity index (χ1) is 13.1. The van der Waals surface area contributed by atoms with Gasteiger partial charge in [-0.3, -0.25) is 14.5 Å². The summed E-state index contributed by atoms with van der Waals surface area (Å²) in [5, 5.41) is 12.0. The fourth-order valence-corrected chi connectivity index (χ4v) is 4.14. The first-order valence-electron chi connectivity index (χ1n) is 9.63. The maximum Gasteiger partial charge on any atom is 0.237 e. The number of fused-ring (bicyclic) bond motifs is 1. The molecule has 7 nitrogen and oxygen atoms in total. The Bertz CT molecular complexity index is 788. The number of rotatable bonds is 4. The molecule has 2 atom stereocenters. The topological polar surface area (TPSA) is 85.7 Å². The minimum Gasteiger partial charge on any atom is -0.489 e. The fourth-order valence-electron chi connectivity index (χ4n) is 4.14. The molecule has 27 heavy (non-hydrogen) atoms. The van der Waals surface area contributed by atoms with Crippen molar-refractivity contribution in [2.75, 3.05) is 31.5 Å². The highest BCUT2D eigenvalue weighted by Crippen LogP contribution is 2.28. The second-order valence-corrected chi connectivity index (χ2v) is 7.51. The van der Waals surface area contributed by atoms with Crippen LogP contribution in [0.2, 0.25) is 0 Å². The van der Waals surface area contributed by atoms with Crippen molar-refractivity contribution < 1.29 is 14.3 Å². The maximum absolute atomic E-state index is 12.5. The predicted molar refractivity (Wildman–Crippen MR) is 99.2 cm³/mol. The van der Waals surface area contributed by atoms with Gasteiger partial charge in [-0.1, -0.05) is 0 Å². The molecule has 4 rings (SSSR count). The van der Waals surface area contributed by atoms with Crippen molar-refractivity contribution in [2.45, 2.75) is 44.2 Å². The number of ether oxygens (including phenoxy) is 1. The predicted octanol–water partition coefficient (Wildman–Crippen LogP) is 1.54. The Morgan fingerprint density at radius 2 is 2.19 bits per heavy atom. The van der Waals surface area contributed by atoms with Crippen LogP contribution < -0.4 is 10.1 Å². The van der Waals surface area contributed by atoms with E-state index in [9.17, 15) is 9.59 Å². The third-order valence-corrected chi connectivity index (χ3v) is 5.59. The largest absolute Gasteiger partial charge is 0.489 e. The van der Waals surface area contributed by atoms with Crippen molar-refractivity contribution in [3.05, 3.63) is 23.8 Å². The summed E-state index contributed by atoms with van der Waals surface area (Å²) in [5.41, 5.74) is 1.98. The van der Waals surface area contributed by atoms with Gasteiger partial charge in [0.25, 0.3) is 0 Å². The Morgan fingerprint density at radius 3 is 3.04 bits per heavy atom. The minimum absolute atomic E-state index is 0.0456. The monoisotopic (exact) mass is 368 g/mol. The summed E-state index contributed by atoms with van der Waals surface area (Å²) in [6, 6.07) is 7.75. The number of hydrogen-bond donors (Lipinski definition) is 1. The van der Waals surface area contributed by atoms with E-state index in [1.54, 1.807) is 4.90 Å². The number of nitriles is 1. The Labute approximate surface area is 158 Å². The third kappa shape index (κ3) is 3.91. The normalized spacial score (nSPS) is 25.0. The molecule has 1 unspecified atom stereocenters. The number of nitrogens with one attached hydrogen (secondary N) is 1. The van der Waals surface area contributed by atoms with E-state index in [1.807, 2.05) is 18.2 Å². The van der Waals surface area contributed by atoms with Gasteiger partial charge in [-0.2, -0.15) is 5.26 Å². The lowest BCUT2D eigenvalue weighted by Gasteiger charge is -2.23. The van der Waals surface area contributed by atoms with Crippen LogP contribution in [-0.2, 0) is 16.0 Å². The molecule has 2 saturated heterocycles. The molecule has 0 spiro atoms. The molecule has 3 aliphatic rings. The summed E-state index contributed by atoms with van der Waals surface area (Å²) in [5.74, 6) is 0.917. The smallest absolute Gasteiger partial charge is 0.237 e. The molecule has 3 aliphatic heterocycles. The fraction of sp³-hybridized carbons (Fsp3) is 0.550. The molecular formula is C20H24N4O3. The van der Waals surface area contributed by atoms with E-state index in [0.717, 1.165) is 49.2 Å². The van der Waals surface area contributed by atoms with Gasteiger partial charge in [0.2, 0.25) is 11.8 Å². The van der Waals surface area contributed by atoms with Gasteiger partial charge in [-0.25, -0.2) is 0 Å². The van der Waals surface area contributed by atoms with Crippen LogP contribution in [0.5, 0.6) is 5.75 Å². The number of likely N-dealkylation sites (tertiary alicyclic amines) is 2. The van der Waals surface area contributed by atoms with Gasteiger partial charge in [-0.05, 0) is 49.4 Å². The van der Waals surface area contributed by atoms with Crippen molar-refractivity contribution >= 4 is 17.5 Å². The van der Waals surface area contributed by atoms with Crippen LogP contribution in [0.4, 0.5) is 5.69 Å². The lowest BCUT2D eigenvalue weighted by atomic mass is 10.0. The summed E-state index contributed by atoms with van der Waals surface area (Å²) >= 11 is 0. The second kappa shape index (κ2) is 7.57. The number of nitrogens with zero attached hydrogens (tertiary/aromatic N) is 3. The number of anilines is 1. The van der Waals surface area contributed by atoms with Gasteiger partial charge in [-0.15, -0.1) is 0 Å². The molecule has 2 fully saturated rings. The SMILES string of the molecule is N#CC1CCCN1C(=O)CN1CC[C@H](Oc2ccc3c(c2)CCC(=O)N3)C1. The highest BCUT2D eigenvalue weighted by molar-refractivity contribution is 5.94. The van der Waals surface area contributed by atoms with Gasteiger partial charge in [0, 0.05) is 31.7 Å². The van der Waals surface area contributed by atoms with Gasteiger partial charge in [0.05, 0.1) is 12.6 Å². The molecule has 3 heterocycles. The van der Waals surface area contributed by atoms with Gasteiger partial charge in [0.1, 0.15) is 17.9 Å². The number of carbonyl (C=O) groups is 2. The van der Waals surface area contributed by atoms with E-state index in [2.05, 4.69) is 16.3 Å². The van der Waals surface area contributed by atoms with Crippen molar-refractivity contribution in [1.29, 1.82) is 5.26 Å². The average molecular weight is 368 g/mol. The molecule has 1 N–H and O–H groups in total. The lowest BCUT2D eigenvalue weighted by molar-refractivity contribution is -0.132. The molecule has 0 aliphatic carbocycles. The number of benzene rings is 1. The van der Waals surface area contributed by atoms with Crippen LogP contribution >= 0.6 is 0 Å². The number of amides is 2. The highest BCUT2D eigenvalue weighted by atomic mass is 16.5. The third-order valence-electron chi connectivity index (χ3n) is 5.59. The Balaban J connectivity index is 1.30. The summed E-state index contributed by atoms with van der Waals surface area (Å²) < 4.78 is 6.12. The van der Waals surface area contributed by atoms with E-state index in [1.165, 1.54) is 0 Å². The van der Waals surface area contributed by atoms with Crippen LogP contribution in [-0.4, -0.2) is 59.9 Å². The molecule has 1 aromatic carbocycles. The van der Waals surface area contributed by atoms with Crippen LogP contribution in [0.3, 0.4) is 0 Å². The first-order valence-corrected chi connectivity index (χ1v) is 9.63. The second-order valence-electron chi connectivity index (χ2n) is 7.51. The molecule has 0 saturated carbocycles. The molecule has 7 heteroatoms. The van der Waals surface area contributed by atoms with Crippen molar-refractivity contribution in [2.24, 2.45) is 0 Å². The number of hydrogen-bond acceptors (Lipinski definition) is 5. The molecular weight excluding hydrogens is 344 g/mol. The van der Waals surface area contributed by atoms with Gasteiger partial charge in [0.15, 0.2) is 0 Å². The zero-order valence-corrected chi connectivity index (χ0v) is 15.3. The Hall–Kier alpha value is -2.59.